The van der Waals surface area contributed by atoms with E-state index in [9.17, 15) is 0 Å². The Kier molecular flexibility index (Phi) is 2.07. The number of hydrogen-bond acceptors (Lipinski definition) is 3. The van der Waals surface area contributed by atoms with E-state index in [1.165, 1.54) is 0 Å². The van der Waals surface area contributed by atoms with Gasteiger partial charge < -0.3 is 5.73 Å². The fourth-order valence-corrected chi connectivity index (χ4v) is 0.870. The van der Waals surface area contributed by atoms with Crippen LogP contribution in [-0.4, -0.2) is 4.98 Å². The van der Waals surface area contributed by atoms with Gasteiger partial charge in [0.05, 0.1) is 23.9 Å². The highest BCUT2D eigenvalue weighted by Gasteiger charge is 2.00. The first-order valence-electron chi connectivity index (χ1n) is 3.32. The van der Waals surface area contributed by atoms with E-state index in [-0.39, 0.29) is 0 Å². The molecule has 1 aromatic heterocycles. The fraction of sp³-hybridized carbons (Fsp3) is 0.250. The second-order valence-electron chi connectivity index (χ2n) is 2.30. The summed E-state index contributed by atoms with van der Waals surface area (Å²) in [6.45, 7) is 1.83. The van der Waals surface area contributed by atoms with Crippen LogP contribution >= 0.6 is 0 Å². The summed E-state index contributed by atoms with van der Waals surface area (Å²) < 4.78 is 0. The molecule has 3 nitrogen and oxygen atoms in total. The van der Waals surface area contributed by atoms with Crippen molar-refractivity contribution in [2.45, 2.75) is 13.3 Å². The van der Waals surface area contributed by atoms with Crippen LogP contribution in [-0.2, 0) is 6.42 Å². The highest BCUT2D eigenvalue weighted by atomic mass is 14.7. The van der Waals surface area contributed by atoms with E-state index in [4.69, 9.17) is 11.0 Å². The van der Waals surface area contributed by atoms with Crippen molar-refractivity contribution in [2.75, 3.05) is 5.73 Å². The van der Waals surface area contributed by atoms with Crippen LogP contribution in [0.15, 0.2) is 12.3 Å². The standard InChI is InChI=1S/C8H9N3/c1-6-8(10)7(2-4-9)3-5-11-6/h3,5H,2,10H2,1H3. The molecule has 0 fully saturated rings. The van der Waals surface area contributed by atoms with Gasteiger partial charge in [0, 0.05) is 6.20 Å². The van der Waals surface area contributed by atoms with E-state index >= 15 is 0 Å². The second-order valence-corrected chi connectivity index (χ2v) is 2.30. The van der Waals surface area contributed by atoms with Gasteiger partial charge in [-0.2, -0.15) is 5.26 Å². The maximum Gasteiger partial charge on any atom is 0.0670 e. The highest BCUT2D eigenvalue weighted by molar-refractivity contribution is 5.50. The van der Waals surface area contributed by atoms with Gasteiger partial charge >= 0.3 is 0 Å². The smallest absolute Gasteiger partial charge is 0.0670 e. The van der Waals surface area contributed by atoms with Crippen molar-refractivity contribution >= 4 is 5.69 Å². The zero-order chi connectivity index (χ0) is 8.27. The Balaban J connectivity index is 3.08. The number of aryl methyl sites for hydroxylation is 1. The van der Waals surface area contributed by atoms with Gasteiger partial charge in [-0.3, -0.25) is 4.98 Å². The van der Waals surface area contributed by atoms with E-state index in [0.717, 1.165) is 11.3 Å². The summed E-state index contributed by atoms with van der Waals surface area (Å²) in [5.41, 5.74) is 7.94. The Morgan fingerprint density at radius 1 is 1.73 bits per heavy atom. The van der Waals surface area contributed by atoms with Crippen LogP contribution in [0.25, 0.3) is 0 Å². The Morgan fingerprint density at radius 3 is 3.09 bits per heavy atom. The summed E-state index contributed by atoms with van der Waals surface area (Å²) in [5, 5.41) is 8.41. The number of nitrogen functional groups attached to an aromatic ring is 1. The van der Waals surface area contributed by atoms with Crippen LogP contribution in [0.4, 0.5) is 5.69 Å². The van der Waals surface area contributed by atoms with Crippen molar-refractivity contribution < 1.29 is 0 Å². The molecule has 1 heterocycles. The summed E-state index contributed by atoms with van der Waals surface area (Å²) >= 11 is 0. The topological polar surface area (TPSA) is 62.7 Å². The Bertz CT molecular complexity index is 299. The first-order valence-corrected chi connectivity index (χ1v) is 3.32. The number of hydrogen-bond donors (Lipinski definition) is 1. The van der Waals surface area contributed by atoms with Gasteiger partial charge in [-0.15, -0.1) is 0 Å². The number of aromatic nitrogens is 1. The molecule has 0 amide bonds. The summed E-state index contributed by atoms with van der Waals surface area (Å²) in [4.78, 5) is 3.99. The zero-order valence-corrected chi connectivity index (χ0v) is 6.33. The zero-order valence-electron chi connectivity index (χ0n) is 6.33. The highest BCUT2D eigenvalue weighted by Crippen LogP contribution is 2.13. The molecule has 0 bridgehead atoms. The van der Waals surface area contributed by atoms with Gasteiger partial charge in [0.25, 0.3) is 0 Å². The SMILES string of the molecule is Cc1nccc(CC#N)c1N. The maximum absolute atomic E-state index is 8.41. The number of nitrogens with zero attached hydrogens (tertiary/aromatic N) is 2. The molecule has 0 radical (unpaired) electrons. The third kappa shape index (κ3) is 1.47. The minimum atomic E-state index is 0.356. The Labute approximate surface area is 65.5 Å². The lowest BCUT2D eigenvalue weighted by atomic mass is 10.1. The monoisotopic (exact) mass is 147 g/mol. The van der Waals surface area contributed by atoms with Gasteiger partial charge in [-0.05, 0) is 18.6 Å². The molecule has 0 aliphatic heterocycles. The molecule has 0 saturated carbocycles. The number of rotatable bonds is 1. The van der Waals surface area contributed by atoms with E-state index < -0.39 is 0 Å². The van der Waals surface area contributed by atoms with Crippen LogP contribution in [0.3, 0.4) is 0 Å². The summed E-state index contributed by atoms with van der Waals surface area (Å²) in [6, 6.07) is 3.81. The lowest BCUT2D eigenvalue weighted by Crippen LogP contribution is -1.97. The van der Waals surface area contributed by atoms with Crippen LogP contribution in [0.1, 0.15) is 11.3 Å². The third-order valence-corrected chi connectivity index (χ3v) is 1.55. The second kappa shape index (κ2) is 3.02. The van der Waals surface area contributed by atoms with Gasteiger partial charge in [0.1, 0.15) is 0 Å². The van der Waals surface area contributed by atoms with Crippen LogP contribution in [0.5, 0.6) is 0 Å². The van der Waals surface area contributed by atoms with Gasteiger partial charge in [-0.1, -0.05) is 0 Å². The quantitative estimate of drug-likeness (QED) is 0.645. The molecule has 0 aliphatic rings. The average molecular weight is 147 g/mol. The molecular formula is C8H9N3. The van der Waals surface area contributed by atoms with Crippen molar-refractivity contribution in [3.63, 3.8) is 0 Å². The van der Waals surface area contributed by atoms with E-state index in [1.54, 1.807) is 12.3 Å². The summed E-state index contributed by atoms with van der Waals surface area (Å²) in [7, 11) is 0. The van der Waals surface area contributed by atoms with Crippen LogP contribution in [0, 0.1) is 18.3 Å². The molecule has 11 heavy (non-hydrogen) atoms. The molecule has 0 spiro atoms. The van der Waals surface area contributed by atoms with Gasteiger partial charge in [-0.25, -0.2) is 0 Å². The lowest BCUT2D eigenvalue weighted by Gasteiger charge is -2.02. The van der Waals surface area contributed by atoms with E-state index in [1.807, 2.05) is 13.0 Å². The number of nitrogens with two attached hydrogens (primary N) is 1. The number of nitriles is 1. The molecule has 0 saturated heterocycles. The molecule has 0 aliphatic carbocycles. The maximum atomic E-state index is 8.41. The molecule has 56 valence electrons. The van der Waals surface area contributed by atoms with Gasteiger partial charge in [0.2, 0.25) is 0 Å². The number of anilines is 1. The average Bonchev–Trinajstić information content (AvgIpc) is 1.99. The predicted octanol–water partition coefficient (Wildman–Crippen LogP) is 1.04. The molecule has 1 rings (SSSR count). The molecule has 1 aromatic rings. The first kappa shape index (κ1) is 7.55. The van der Waals surface area contributed by atoms with Crippen molar-refractivity contribution in [1.82, 2.24) is 4.98 Å². The fourth-order valence-electron chi connectivity index (χ4n) is 0.870. The minimum absolute atomic E-state index is 0.356. The van der Waals surface area contributed by atoms with Crippen LogP contribution in [0.2, 0.25) is 0 Å². The Hall–Kier alpha value is -1.56. The predicted molar refractivity (Wildman–Crippen MR) is 42.7 cm³/mol. The molecule has 0 unspecified atom stereocenters. The van der Waals surface area contributed by atoms with Crippen molar-refractivity contribution in [2.24, 2.45) is 0 Å². The molecule has 0 atom stereocenters. The van der Waals surface area contributed by atoms with Crippen molar-refractivity contribution in [1.29, 1.82) is 5.26 Å². The minimum Gasteiger partial charge on any atom is -0.397 e. The normalized spacial score (nSPS) is 9.09. The van der Waals surface area contributed by atoms with Gasteiger partial charge in [0.15, 0.2) is 0 Å². The Morgan fingerprint density at radius 2 is 2.45 bits per heavy atom. The molecule has 3 heteroatoms. The van der Waals surface area contributed by atoms with Crippen molar-refractivity contribution in [3.8, 4) is 6.07 Å². The van der Waals surface area contributed by atoms with Crippen LogP contribution < -0.4 is 5.73 Å². The largest absolute Gasteiger partial charge is 0.397 e. The summed E-state index contributed by atoms with van der Waals surface area (Å²) in [6.07, 6.45) is 2.02. The molecular weight excluding hydrogens is 138 g/mol. The first-order chi connectivity index (χ1) is 5.25. The van der Waals surface area contributed by atoms with E-state index in [2.05, 4.69) is 4.98 Å². The van der Waals surface area contributed by atoms with Crippen molar-refractivity contribution in [3.05, 3.63) is 23.5 Å². The van der Waals surface area contributed by atoms with E-state index in [0.29, 0.717) is 12.1 Å². The third-order valence-electron chi connectivity index (χ3n) is 1.55. The molecule has 0 aromatic carbocycles. The summed E-state index contributed by atoms with van der Waals surface area (Å²) in [5.74, 6) is 0. The lowest BCUT2D eigenvalue weighted by molar-refractivity contribution is 1.15. The number of pyridine rings is 1. The molecule has 2 N–H and O–H groups in total.